The molecule has 0 radical (unpaired) electrons. The van der Waals surface area contributed by atoms with Gasteiger partial charge in [0.25, 0.3) is 0 Å². The first-order valence-electron chi connectivity index (χ1n) is 8.94. The summed E-state index contributed by atoms with van der Waals surface area (Å²) < 4.78 is 0. The van der Waals surface area contributed by atoms with E-state index < -0.39 is 0 Å². The molecule has 5 saturated carbocycles. The third kappa shape index (κ3) is 2.35. The van der Waals surface area contributed by atoms with Crippen LogP contribution >= 0.6 is 0 Å². The monoisotopic (exact) mass is 304 g/mol. The molecule has 0 aromatic rings. The van der Waals surface area contributed by atoms with E-state index in [2.05, 4.69) is 5.32 Å². The van der Waals surface area contributed by atoms with Crippen LogP contribution in [0.3, 0.4) is 0 Å². The second-order valence-electron chi connectivity index (χ2n) is 8.83. The van der Waals surface area contributed by atoms with E-state index in [1.807, 2.05) is 11.9 Å². The number of hydrogen-bond donors (Lipinski definition) is 1. The largest absolute Gasteiger partial charge is 0.351 e. The third-order valence-electron chi connectivity index (χ3n) is 6.53. The Bertz CT molecular complexity index is 497. The lowest BCUT2D eigenvalue weighted by atomic mass is 9.46. The fraction of sp³-hybridized carbons (Fsp3) is 0.889. The zero-order valence-corrected chi connectivity index (χ0v) is 13.9. The number of amides is 2. The van der Waals surface area contributed by atoms with Gasteiger partial charge in [-0.15, -0.1) is 0 Å². The van der Waals surface area contributed by atoms with Gasteiger partial charge in [-0.25, -0.2) is 0 Å². The minimum absolute atomic E-state index is 0.0656. The van der Waals surface area contributed by atoms with Crippen LogP contribution in [-0.2, 0) is 9.59 Å². The number of nitrogens with zero attached hydrogens (tertiary/aromatic N) is 1. The molecule has 4 bridgehead atoms. The van der Waals surface area contributed by atoms with Gasteiger partial charge in [0.15, 0.2) is 0 Å². The number of carbonyl (C=O) groups is 2. The van der Waals surface area contributed by atoms with Gasteiger partial charge in [0.2, 0.25) is 11.8 Å². The number of rotatable bonds is 4. The van der Waals surface area contributed by atoms with Gasteiger partial charge in [0, 0.05) is 26.1 Å². The Kier molecular flexibility index (Phi) is 3.11. The van der Waals surface area contributed by atoms with Crippen LogP contribution in [0.4, 0.5) is 0 Å². The summed E-state index contributed by atoms with van der Waals surface area (Å²) in [6.45, 7) is 2.55. The molecule has 2 atom stereocenters. The highest BCUT2D eigenvalue weighted by atomic mass is 16.2. The van der Waals surface area contributed by atoms with E-state index in [9.17, 15) is 9.59 Å². The van der Waals surface area contributed by atoms with Gasteiger partial charge in [-0.1, -0.05) is 0 Å². The molecule has 5 rings (SSSR count). The molecular formula is C18H28N2O2. The molecule has 5 aliphatic rings. The minimum atomic E-state index is -0.184. The van der Waals surface area contributed by atoms with Crippen molar-refractivity contribution < 1.29 is 9.59 Å². The smallest absolute Gasteiger partial charge is 0.228 e. The predicted octanol–water partition coefficient (Wildman–Crippen LogP) is 2.33. The van der Waals surface area contributed by atoms with E-state index in [0.717, 1.165) is 44.6 Å². The minimum Gasteiger partial charge on any atom is -0.351 e. The molecular weight excluding hydrogens is 276 g/mol. The summed E-state index contributed by atoms with van der Waals surface area (Å²) in [5.74, 6) is 2.43. The fourth-order valence-corrected chi connectivity index (χ4v) is 6.21. The van der Waals surface area contributed by atoms with Crippen LogP contribution in [0.15, 0.2) is 0 Å². The summed E-state index contributed by atoms with van der Waals surface area (Å²) in [6.07, 6.45) is 8.99. The number of nitrogens with one attached hydrogen (secondary N) is 1. The van der Waals surface area contributed by atoms with Crippen LogP contribution in [0, 0.1) is 23.2 Å². The Labute approximate surface area is 133 Å². The number of carbonyl (C=O) groups excluding carboxylic acids is 2. The van der Waals surface area contributed by atoms with Crippen LogP contribution in [0.25, 0.3) is 0 Å². The molecule has 1 N–H and O–H groups in total. The van der Waals surface area contributed by atoms with E-state index in [-0.39, 0.29) is 16.9 Å². The van der Waals surface area contributed by atoms with Crippen LogP contribution in [0.1, 0.15) is 58.3 Å². The second kappa shape index (κ2) is 4.72. The lowest BCUT2D eigenvalue weighted by Crippen LogP contribution is -2.65. The van der Waals surface area contributed by atoms with E-state index in [0.29, 0.717) is 17.7 Å². The summed E-state index contributed by atoms with van der Waals surface area (Å²) in [4.78, 5) is 26.9. The normalized spacial score (nSPS) is 42.3. The molecule has 5 aliphatic carbocycles. The second-order valence-corrected chi connectivity index (χ2v) is 8.83. The third-order valence-corrected chi connectivity index (χ3v) is 6.53. The van der Waals surface area contributed by atoms with Gasteiger partial charge in [-0.2, -0.15) is 0 Å². The van der Waals surface area contributed by atoms with Crippen molar-refractivity contribution in [2.45, 2.75) is 63.8 Å². The van der Waals surface area contributed by atoms with Crippen molar-refractivity contribution in [3.63, 3.8) is 0 Å². The van der Waals surface area contributed by atoms with Gasteiger partial charge in [-0.3, -0.25) is 9.59 Å². The Morgan fingerprint density at radius 3 is 2.32 bits per heavy atom. The quantitative estimate of drug-likeness (QED) is 0.866. The van der Waals surface area contributed by atoms with E-state index in [4.69, 9.17) is 0 Å². The summed E-state index contributed by atoms with van der Waals surface area (Å²) in [6, 6.07) is 0. The van der Waals surface area contributed by atoms with E-state index in [1.165, 1.54) is 19.3 Å². The highest BCUT2D eigenvalue weighted by Gasteiger charge is 2.61. The molecule has 0 heterocycles. The summed E-state index contributed by atoms with van der Waals surface area (Å²) in [5.41, 5.74) is -0.276. The Morgan fingerprint density at radius 2 is 1.77 bits per heavy atom. The highest BCUT2D eigenvalue weighted by Crippen LogP contribution is 2.62. The van der Waals surface area contributed by atoms with Crippen LogP contribution < -0.4 is 5.32 Å². The Balaban J connectivity index is 1.57. The van der Waals surface area contributed by atoms with Gasteiger partial charge >= 0.3 is 0 Å². The van der Waals surface area contributed by atoms with E-state index >= 15 is 0 Å². The van der Waals surface area contributed by atoms with Crippen molar-refractivity contribution in [1.29, 1.82) is 0 Å². The molecule has 0 spiro atoms. The van der Waals surface area contributed by atoms with Gasteiger partial charge < -0.3 is 10.2 Å². The maximum atomic E-state index is 13.2. The van der Waals surface area contributed by atoms with Crippen molar-refractivity contribution in [3.8, 4) is 0 Å². The van der Waals surface area contributed by atoms with Crippen LogP contribution in [-0.4, -0.2) is 35.8 Å². The lowest BCUT2D eigenvalue weighted by molar-refractivity contribution is -0.162. The SMILES string of the molecule is CC(=O)NC12CC3CC(C1)CC(C(=O)N(C)CC1CC1)(C3)C2. The molecule has 2 amide bonds. The molecule has 0 aromatic heterocycles. The van der Waals surface area contributed by atoms with E-state index in [1.54, 1.807) is 6.92 Å². The number of hydrogen-bond acceptors (Lipinski definition) is 2. The average Bonchev–Trinajstić information content (AvgIpc) is 3.18. The van der Waals surface area contributed by atoms with Crippen molar-refractivity contribution in [2.75, 3.05) is 13.6 Å². The predicted molar refractivity (Wildman–Crippen MR) is 84.0 cm³/mol. The average molecular weight is 304 g/mol. The van der Waals surface area contributed by atoms with Gasteiger partial charge in [0.1, 0.15) is 0 Å². The summed E-state index contributed by atoms with van der Waals surface area (Å²) >= 11 is 0. The summed E-state index contributed by atoms with van der Waals surface area (Å²) in [7, 11) is 1.99. The molecule has 0 aromatic carbocycles. The molecule has 2 unspecified atom stereocenters. The van der Waals surface area contributed by atoms with Gasteiger partial charge in [-0.05, 0) is 69.1 Å². The topological polar surface area (TPSA) is 49.4 Å². The standard InChI is InChI=1S/C18H28N2O2/c1-12(21)19-18-8-14-5-15(9-18)7-17(6-14,11-18)16(22)20(2)10-13-3-4-13/h13-15H,3-11H2,1-2H3,(H,19,21). The van der Waals surface area contributed by atoms with Gasteiger partial charge in [0.05, 0.1) is 5.41 Å². The lowest BCUT2D eigenvalue weighted by Gasteiger charge is -2.61. The zero-order valence-electron chi connectivity index (χ0n) is 13.9. The first-order chi connectivity index (χ1) is 10.4. The molecule has 22 heavy (non-hydrogen) atoms. The van der Waals surface area contributed by atoms with Crippen LogP contribution in [0.5, 0.6) is 0 Å². The molecule has 4 nitrogen and oxygen atoms in total. The molecule has 0 saturated heterocycles. The maximum Gasteiger partial charge on any atom is 0.228 e. The highest BCUT2D eigenvalue weighted by molar-refractivity contribution is 5.84. The fourth-order valence-electron chi connectivity index (χ4n) is 6.21. The molecule has 0 aliphatic heterocycles. The first-order valence-corrected chi connectivity index (χ1v) is 8.94. The van der Waals surface area contributed by atoms with Crippen molar-refractivity contribution in [2.24, 2.45) is 23.2 Å². The first kappa shape index (κ1) is 14.5. The Morgan fingerprint density at radius 1 is 1.14 bits per heavy atom. The zero-order chi connectivity index (χ0) is 15.5. The molecule has 5 fully saturated rings. The Hall–Kier alpha value is -1.06. The molecule has 4 heteroatoms. The van der Waals surface area contributed by atoms with Crippen molar-refractivity contribution in [3.05, 3.63) is 0 Å². The molecule has 122 valence electrons. The van der Waals surface area contributed by atoms with Crippen molar-refractivity contribution >= 4 is 11.8 Å². The summed E-state index contributed by atoms with van der Waals surface area (Å²) in [5, 5.41) is 3.25. The maximum absolute atomic E-state index is 13.2. The van der Waals surface area contributed by atoms with Crippen LogP contribution in [0.2, 0.25) is 0 Å². The van der Waals surface area contributed by atoms with Crippen molar-refractivity contribution in [1.82, 2.24) is 10.2 Å².